The molecule has 1 N–H and O–H groups in total. The standard InChI is InChI=1S/C9H21N3O2/c1-10-9(11-2)12(5-7-13-3)6-8-14-4/h5-8H2,1-4H3,(H,10,11). The summed E-state index contributed by atoms with van der Waals surface area (Å²) < 4.78 is 10.1. The second kappa shape index (κ2) is 8.77. The molecule has 0 aromatic carbocycles. The summed E-state index contributed by atoms with van der Waals surface area (Å²) in [6.45, 7) is 3.00. The topological polar surface area (TPSA) is 46.1 Å². The molecule has 0 aliphatic carbocycles. The van der Waals surface area contributed by atoms with E-state index in [1.54, 1.807) is 21.3 Å². The summed E-state index contributed by atoms with van der Waals surface area (Å²) in [5.74, 6) is 0.860. The van der Waals surface area contributed by atoms with Crippen LogP contribution in [0.25, 0.3) is 0 Å². The third-order valence-electron chi connectivity index (χ3n) is 1.87. The van der Waals surface area contributed by atoms with Gasteiger partial charge in [0.2, 0.25) is 0 Å². The van der Waals surface area contributed by atoms with Gasteiger partial charge < -0.3 is 19.7 Å². The van der Waals surface area contributed by atoms with Gasteiger partial charge in [-0.2, -0.15) is 0 Å². The smallest absolute Gasteiger partial charge is 0.193 e. The van der Waals surface area contributed by atoms with E-state index >= 15 is 0 Å². The highest BCUT2D eigenvalue weighted by Crippen LogP contribution is 1.90. The summed E-state index contributed by atoms with van der Waals surface area (Å²) in [4.78, 5) is 6.22. The summed E-state index contributed by atoms with van der Waals surface area (Å²) in [7, 11) is 7.00. The number of aliphatic imine (C=N–C) groups is 1. The van der Waals surface area contributed by atoms with Crippen LogP contribution >= 0.6 is 0 Å². The van der Waals surface area contributed by atoms with Crippen molar-refractivity contribution in [1.82, 2.24) is 10.2 Å². The predicted molar refractivity (Wildman–Crippen MR) is 57.7 cm³/mol. The zero-order chi connectivity index (χ0) is 10.8. The summed E-state index contributed by atoms with van der Waals surface area (Å²) in [5, 5.41) is 3.03. The maximum Gasteiger partial charge on any atom is 0.193 e. The molecule has 0 aliphatic heterocycles. The second-order valence-electron chi connectivity index (χ2n) is 2.77. The molecular formula is C9H21N3O2. The second-order valence-corrected chi connectivity index (χ2v) is 2.77. The highest BCUT2D eigenvalue weighted by molar-refractivity contribution is 5.79. The Morgan fingerprint density at radius 1 is 1.21 bits per heavy atom. The van der Waals surface area contributed by atoms with Gasteiger partial charge in [0, 0.05) is 41.4 Å². The van der Waals surface area contributed by atoms with Crippen molar-refractivity contribution in [1.29, 1.82) is 0 Å². The number of guanidine groups is 1. The van der Waals surface area contributed by atoms with E-state index in [0.29, 0.717) is 13.2 Å². The fourth-order valence-corrected chi connectivity index (χ4v) is 1.14. The molecule has 0 bridgehead atoms. The number of hydrogen-bond donors (Lipinski definition) is 1. The van der Waals surface area contributed by atoms with Crippen molar-refractivity contribution in [3.63, 3.8) is 0 Å². The zero-order valence-electron chi connectivity index (χ0n) is 9.54. The number of nitrogens with one attached hydrogen (secondary N) is 1. The Morgan fingerprint density at radius 2 is 1.71 bits per heavy atom. The van der Waals surface area contributed by atoms with E-state index in [4.69, 9.17) is 9.47 Å². The molecule has 0 atom stereocenters. The van der Waals surface area contributed by atoms with Gasteiger partial charge in [-0.25, -0.2) is 0 Å². The minimum Gasteiger partial charge on any atom is -0.383 e. The van der Waals surface area contributed by atoms with Gasteiger partial charge in [-0.15, -0.1) is 0 Å². The molecule has 0 aromatic rings. The monoisotopic (exact) mass is 203 g/mol. The largest absolute Gasteiger partial charge is 0.383 e. The maximum atomic E-state index is 5.03. The Hall–Kier alpha value is -0.810. The number of ether oxygens (including phenoxy) is 2. The first kappa shape index (κ1) is 13.2. The summed E-state index contributed by atoms with van der Waals surface area (Å²) in [6, 6.07) is 0. The molecule has 5 heteroatoms. The lowest BCUT2D eigenvalue weighted by Gasteiger charge is -2.24. The van der Waals surface area contributed by atoms with Crippen LogP contribution in [0.3, 0.4) is 0 Å². The average Bonchev–Trinajstić information content (AvgIpc) is 2.22. The molecular weight excluding hydrogens is 182 g/mol. The third-order valence-corrected chi connectivity index (χ3v) is 1.87. The molecule has 0 heterocycles. The lowest BCUT2D eigenvalue weighted by atomic mass is 10.5. The van der Waals surface area contributed by atoms with E-state index in [0.717, 1.165) is 19.0 Å². The van der Waals surface area contributed by atoms with Crippen molar-refractivity contribution in [2.75, 3.05) is 54.6 Å². The molecule has 0 fully saturated rings. The lowest BCUT2D eigenvalue weighted by molar-refractivity contribution is 0.145. The first-order valence-corrected chi connectivity index (χ1v) is 4.67. The van der Waals surface area contributed by atoms with Crippen LogP contribution in [0.5, 0.6) is 0 Å². The van der Waals surface area contributed by atoms with E-state index < -0.39 is 0 Å². The van der Waals surface area contributed by atoms with Gasteiger partial charge in [-0.05, 0) is 0 Å². The Balaban J connectivity index is 4.07. The van der Waals surface area contributed by atoms with Crippen LogP contribution in [-0.4, -0.2) is 65.5 Å². The normalized spacial score (nSPS) is 11.6. The molecule has 0 spiro atoms. The fourth-order valence-electron chi connectivity index (χ4n) is 1.14. The highest BCUT2D eigenvalue weighted by atomic mass is 16.5. The van der Waals surface area contributed by atoms with E-state index in [2.05, 4.69) is 15.2 Å². The van der Waals surface area contributed by atoms with Crippen LogP contribution in [-0.2, 0) is 9.47 Å². The maximum absolute atomic E-state index is 5.03. The molecule has 0 radical (unpaired) electrons. The van der Waals surface area contributed by atoms with Gasteiger partial charge in [0.25, 0.3) is 0 Å². The van der Waals surface area contributed by atoms with Gasteiger partial charge in [0.15, 0.2) is 5.96 Å². The summed E-state index contributed by atoms with van der Waals surface area (Å²) >= 11 is 0. The lowest BCUT2D eigenvalue weighted by Crippen LogP contribution is -2.43. The fraction of sp³-hybridized carbons (Fsp3) is 0.889. The number of rotatable bonds is 6. The van der Waals surface area contributed by atoms with Crippen LogP contribution in [0.15, 0.2) is 4.99 Å². The van der Waals surface area contributed by atoms with Gasteiger partial charge >= 0.3 is 0 Å². The highest BCUT2D eigenvalue weighted by Gasteiger charge is 2.07. The number of nitrogens with zero attached hydrogens (tertiary/aromatic N) is 2. The number of hydrogen-bond acceptors (Lipinski definition) is 3. The van der Waals surface area contributed by atoms with Crippen molar-refractivity contribution in [3.8, 4) is 0 Å². The van der Waals surface area contributed by atoms with Crippen LogP contribution in [0, 0.1) is 0 Å². The zero-order valence-corrected chi connectivity index (χ0v) is 9.54. The van der Waals surface area contributed by atoms with Gasteiger partial charge in [0.1, 0.15) is 0 Å². The minimum atomic E-state index is 0.685. The van der Waals surface area contributed by atoms with Crippen LogP contribution in [0.4, 0.5) is 0 Å². The van der Waals surface area contributed by atoms with Crippen LogP contribution in [0.1, 0.15) is 0 Å². The third kappa shape index (κ3) is 5.04. The van der Waals surface area contributed by atoms with E-state index in [9.17, 15) is 0 Å². The Kier molecular flexibility index (Phi) is 8.27. The Morgan fingerprint density at radius 3 is 2.00 bits per heavy atom. The molecule has 84 valence electrons. The van der Waals surface area contributed by atoms with Crippen molar-refractivity contribution >= 4 is 5.96 Å². The average molecular weight is 203 g/mol. The molecule has 0 rings (SSSR count). The van der Waals surface area contributed by atoms with Crippen LogP contribution in [0.2, 0.25) is 0 Å². The van der Waals surface area contributed by atoms with Crippen LogP contribution < -0.4 is 5.32 Å². The predicted octanol–water partition coefficient (Wildman–Crippen LogP) is -0.214. The van der Waals surface area contributed by atoms with E-state index in [1.807, 2.05) is 7.05 Å². The molecule has 0 saturated heterocycles. The minimum absolute atomic E-state index is 0.685. The van der Waals surface area contributed by atoms with Crippen molar-refractivity contribution in [2.24, 2.45) is 4.99 Å². The Bertz CT molecular complexity index is 154. The molecule has 0 amide bonds. The molecule has 5 nitrogen and oxygen atoms in total. The molecule has 0 saturated carbocycles. The summed E-state index contributed by atoms with van der Waals surface area (Å²) in [6.07, 6.45) is 0. The summed E-state index contributed by atoms with van der Waals surface area (Å²) in [5.41, 5.74) is 0. The van der Waals surface area contributed by atoms with Crippen molar-refractivity contribution in [3.05, 3.63) is 0 Å². The van der Waals surface area contributed by atoms with E-state index in [1.165, 1.54) is 0 Å². The first-order valence-electron chi connectivity index (χ1n) is 4.67. The molecule has 0 aromatic heterocycles. The number of methoxy groups -OCH3 is 2. The van der Waals surface area contributed by atoms with Crippen molar-refractivity contribution < 1.29 is 9.47 Å². The van der Waals surface area contributed by atoms with Crippen molar-refractivity contribution in [2.45, 2.75) is 0 Å². The van der Waals surface area contributed by atoms with E-state index in [-0.39, 0.29) is 0 Å². The SMILES string of the molecule is CN=C(NC)N(CCOC)CCOC. The first-order chi connectivity index (χ1) is 6.79. The van der Waals surface area contributed by atoms with Gasteiger partial charge in [-0.3, -0.25) is 4.99 Å². The van der Waals surface area contributed by atoms with Gasteiger partial charge in [-0.1, -0.05) is 0 Å². The van der Waals surface area contributed by atoms with Gasteiger partial charge in [0.05, 0.1) is 13.2 Å². The quantitative estimate of drug-likeness (QED) is 0.479. The molecule has 0 unspecified atom stereocenters. The molecule has 14 heavy (non-hydrogen) atoms. The molecule has 0 aliphatic rings. The Labute approximate surface area is 86.1 Å².